The van der Waals surface area contributed by atoms with Gasteiger partial charge in [-0.1, -0.05) is 18.9 Å². The minimum atomic E-state index is 0.142. The predicted octanol–water partition coefficient (Wildman–Crippen LogP) is 2.00. The van der Waals surface area contributed by atoms with Gasteiger partial charge in [-0.25, -0.2) is 0 Å². The van der Waals surface area contributed by atoms with E-state index in [1.165, 1.54) is 18.4 Å². The molecule has 1 aromatic carbocycles. The number of benzene rings is 1. The molecule has 3 rings (SSSR count). The summed E-state index contributed by atoms with van der Waals surface area (Å²) in [7, 11) is 0. The summed E-state index contributed by atoms with van der Waals surface area (Å²) in [6.07, 6.45) is 5.76. The summed E-state index contributed by atoms with van der Waals surface area (Å²) in [4.78, 5) is 14.3. The van der Waals surface area contributed by atoms with Crippen molar-refractivity contribution in [1.29, 1.82) is 0 Å². The van der Waals surface area contributed by atoms with Crippen molar-refractivity contribution in [3.05, 3.63) is 23.3 Å². The van der Waals surface area contributed by atoms with Gasteiger partial charge in [0.1, 0.15) is 0 Å². The van der Waals surface area contributed by atoms with Crippen LogP contribution in [0.25, 0.3) is 0 Å². The van der Waals surface area contributed by atoms with Crippen LogP contribution < -0.4 is 16.0 Å². The lowest BCUT2D eigenvalue weighted by atomic mass is 10.1. The fourth-order valence-electron chi connectivity index (χ4n) is 3.32. The van der Waals surface area contributed by atoms with E-state index in [9.17, 15) is 4.79 Å². The Morgan fingerprint density at radius 1 is 1.40 bits per heavy atom. The lowest BCUT2D eigenvalue weighted by molar-refractivity contribution is -0.120. The molecule has 1 saturated carbocycles. The average Bonchev–Trinajstić information content (AvgIpc) is 3.02. The van der Waals surface area contributed by atoms with E-state index in [4.69, 9.17) is 5.73 Å². The van der Waals surface area contributed by atoms with Crippen molar-refractivity contribution in [3.8, 4) is 0 Å². The quantitative estimate of drug-likeness (QED) is 0.828. The first-order valence-electron chi connectivity index (χ1n) is 7.57. The molecule has 0 unspecified atom stereocenters. The molecule has 0 atom stereocenters. The first kappa shape index (κ1) is 13.3. The number of amides is 1. The van der Waals surface area contributed by atoms with E-state index in [1.807, 2.05) is 13.0 Å². The summed E-state index contributed by atoms with van der Waals surface area (Å²) in [5.41, 5.74) is 10.4. The second kappa shape index (κ2) is 5.35. The molecule has 0 bridgehead atoms. The standard InChI is InChI=1S/C16H23N3O/c1-11-8-12-6-7-19(15(12)9-14(11)17)10-16(20)18-13-4-2-3-5-13/h8-9,13H,2-7,10,17H2,1H3,(H,18,20). The van der Waals surface area contributed by atoms with Gasteiger partial charge in [-0.3, -0.25) is 4.79 Å². The predicted molar refractivity (Wildman–Crippen MR) is 81.9 cm³/mol. The van der Waals surface area contributed by atoms with Crippen LogP contribution in [0.2, 0.25) is 0 Å². The molecule has 20 heavy (non-hydrogen) atoms. The first-order chi connectivity index (χ1) is 9.63. The van der Waals surface area contributed by atoms with Crippen LogP contribution in [0, 0.1) is 6.92 Å². The molecular weight excluding hydrogens is 250 g/mol. The molecule has 1 heterocycles. The molecule has 4 heteroatoms. The van der Waals surface area contributed by atoms with Gasteiger partial charge in [0.25, 0.3) is 0 Å². The van der Waals surface area contributed by atoms with Crippen molar-refractivity contribution in [2.24, 2.45) is 0 Å². The highest BCUT2D eigenvalue weighted by Gasteiger charge is 2.23. The molecule has 0 aromatic heterocycles. The van der Waals surface area contributed by atoms with Gasteiger partial charge >= 0.3 is 0 Å². The molecule has 108 valence electrons. The van der Waals surface area contributed by atoms with Crippen molar-refractivity contribution in [2.75, 3.05) is 23.7 Å². The number of nitrogens with two attached hydrogens (primary N) is 1. The van der Waals surface area contributed by atoms with Crippen molar-refractivity contribution in [2.45, 2.75) is 45.1 Å². The van der Waals surface area contributed by atoms with Crippen molar-refractivity contribution < 1.29 is 4.79 Å². The fourth-order valence-corrected chi connectivity index (χ4v) is 3.32. The van der Waals surface area contributed by atoms with E-state index < -0.39 is 0 Å². The van der Waals surface area contributed by atoms with Crippen LogP contribution in [0.5, 0.6) is 0 Å². The normalized spacial score (nSPS) is 18.4. The summed E-state index contributed by atoms with van der Waals surface area (Å²) in [5, 5.41) is 3.15. The molecule has 3 N–H and O–H groups in total. The maximum atomic E-state index is 12.1. The average molecular weight is 273 g/mol. The van der Waals surface area contributed by atoms with Crippen LogP contribution >= 0.6 is 0 Å². The number of rotatable bonds is 3. The highest BCUT2D eigenvalue weighted by Crippen LogP contribution is 2.31. The van der Waals surface area contributed by atoms with E-state index in [1.54, 1.807) is 0 Å². The number of anilines is 2. The molecule has 1 fully saturated rings. The second-order valence-electron chi connectivity index (χ2n) is 6.06. The van der Waals surface area contributed by atoms with Crippen molar-refractivity contribution in [3.63, 3.8) is 0 Å². The monoisotopic (exact) mass is 273 g/mol. The lowest BCUT2D eigenvalue weighted by Crippen LogP contribution is -2.40. The molecule has 0 saturated heterocycles. The zero-order chi connectivity index (χ0) is 14.1. The number of hydrogen-bond donors (Lipinski definition) is 2. The highest BCUT2D eigenvalue weighted by molar-refractivity contribution is 5.83. The molecule has 2 aliphatic rings. The van der Waals surface area contributed by atoms with Gasteiger partial charge in [-0.15, -0.1) is 0 Å². The molecule has 4 nitrogen and oxygen atoms in total. The topological polar surface area (TPSA) is 58.4 Å². The number of nitrogen functional groups attached to an aromatic ring is 1. The minimum absolute atomic E-state index is 0.142. The van der Waals surface area contributed by atoms with Crippen LogP contribution in [-0.2, 0) is 11.2 Å². The Labute approximate surface area is 120 Å². The third-order valence-corrected chi connectivity index (χ3v) is 4.51. The number of nitrogens with one attached hydrogen (secondary N) is 1. The van der Waals surface area contributed by atoms with Gasteiger partial charge in [0, 0.05) is 24.0 Å². The first-order valence-corrected chi connectivity index (χ1v) is 7.57. The molecule has 1 aliphatic heterocycles. The van der Waals surface area contributed by atoms with Crippen LogP contribution in [0.15, 0.2) is 12.1 Å². The summed E-state index contributed by atoms with van der Waals surface area (Å²) in [6.45, 7) is 3.40. The largest absolute Gasteiger partial charge is 0.398 e. The van der Waals surface area contributed by atoms with Gasteiger partial charge in [-0.2, -0.15) is 0 Å². The van der Waals surface area contributed by atoms with Gasteiger partial charge in [-0.05, 0) is 43.4 Å². The summed E-state index contributed by atoms with van der Waals surface area (Å²) in [6, 6.07) is 4.56. The molecule has 0 spiro atoms. The Morgan fingerprint density at radius 3 is 2.90 bits per heavy atom. The molecule has 0 radical (unpaired) electrons. The van der Waals surface area contributed by atoms with E-state index in [2.05, 4.69) is 16.3 Å². The third kappa shape index (κ3) is 2.60. The number of carbonyl (C=O) groups excluding carboxylic acids is 1. The van der Waals surface area contributed by atoms with Crippen LogP contribution in [0.1, 0.15) is 36.8 Å². The summed E-state index contributed by atoms with van der Waals surface area (Å²) >= 11 is 0. The Balaban J connectivity index is 1.65. The zero-order valence-electron chi connectivity index (χ0n) is 12.1. The van der Waals surface area contributed by atoms with Crippen LogP contribution in [-0.4, -0.2) is 25.0 Å². The Morgan fingerprint density at radius 2 is 2.15 bits per heavy atom. The Kier molecular flexibility index (Phi) is 3.55. The smallest absolute Gasteiger partial charge is 0.239 e. The van der Waals surface area contributed by atoms with Gasteiger partial charge in [0.15, 0.2) is 0 Å². The fraction of sp³-hybridized carbons (Fsp3) is 0.562. The van der Waals surface area contributed by atoms with E-state index >= 15 is 0 Å². The van der Waals surface area contributed by atoms with E-state index in [0.29, 0.717) is 12.6 Å². The molecular formula is C16H23N3O. The summed E-state index contributed by atoms with van der Waals surface area (Å²) in [5.74, 6) is 0.142. The third-order valence-electron chi connectivity index (χ3n) is 4.51. The zero-order valence-corrected chi connectivity index (χ0v) is 12.1. The highest BCUT2D eigenvalue weighted by atomic mass is 16.2. The molecule has 1 amide bonds. The number of carbonyl (C=O) groups is 1. The van der Waals surface area contributed by atoms with Gasteiger partial charge in [0.2, 0.25) is 5.91 Å². The minimum Gasteiger partial charge on any atom is -0.398 e. The number of nitrogens with zero attached hydrogens (tertiary/aromatic N) is 1. The SMILES string of the molecule is Cc1cc2c(cc1N)N(CC(=O)NC1CCCC1)CC2. The maximum absolute atomic E-state index is 12.1. The van der Waals surface area contributed by atoms with Crippen molar-refractivity contribution >= 4 is 17.3 Å². The van der Waals surface area contributed by atoms with Gasteiger partial charge < -0.3 is 16.0 Å². The number of aryl methyl sites for hydroxylation is 1. The van der Waals surface area contributed by atoms with Crippen LogP contribution in [0.4, 0.5) is 11.4 Å². The van der Waals surface area contributed by atoms with E-state index in [-0.39, 0.29) is 5.91 Å². The Bertz CT molecular complexity index is 521. The number of hydrogen-bond acceptors (Lipinski definition) is 3. The van der Waals surface area contributed by atoms with E-state index in [0.717, 1.165) is 42.7 Å². The second-order valence-corrected chi connectivity index (χ2v) is 6.06. The molecule has 1 aliphatic carbocycles. The van der Waals surface area contributed by atoms with Crippen molar-refractivity contribution in [1.82, 2.24) is 5.32 Å². The van der Waals surface area contributed by atoms with Gasteiger partial charge in [0.05, 0.1) is 6.54 Å². The molecule has 1 aromatic rings. The maximum Gasteiger partial charge on any atom is 0.239 e. The van der Waals surface area contributed by atoms with Crippen LogP contribution in [0.3, 0.4) is 0 Å². The summed E-state index contributed by atoms with van der Waals surface area (Å²) < 4.78 is 0. The lowest BCUT2D eigenvalue weighted by Gasteiger charge is -2.21. The Hall–Kier alpha value is -1.71. The number of fused-ring (bicyclic) bond motifs is 1.